The Morgan fingerprint density at radius 3 is 2.53 bits per heavy atom. The standard InChI is InChI=1S/C15H31NO/c1-6-9-16(12(2)3)11-13-10-15(4,5)8-7-14(13)17/h12-14,17H,6-11H2,1-5H3. The van der Waals surface area contributed by atoms with Crippen molar-refractivity contribution in [2.45, 2.75) is 72.4 Å². The van der Waals surface area contributed by atoms with Crippen molar-refractivity contribution < 1.29 is 5.11 Å². The molecule has 0 aliphatic heterocycles. The van der Waals surface area contributed by atoms with Gasteiger partial charge in [0.1, 0.15) is 0 Å². The third kappa shape index (κ3) is 4.59. The lowest BCUT2D eigenvalue weighted by Crippen LogP contribution is -2.43. The maximum atomic E-state index is 10.2. The molecular weight excluding hydrogens is 210 g/mol. The summed E-state index contributed by atoms with van der Waals surface area (Å²) in [5, 5.41) is 10.2. The Labute approximate surface area is 107 Å². The Kier molecular flexibility index (Phi) is 5.46. The van der Waals surface area contributed by atoms with Crippen molar-refractivity contribution in [3.8, 4) is 0 Å². The highest BCUT2D eigenvalue weighted by Crippen LogP contribution is 2.39. The lowest BCUT2D eigenvalue weighted by atomic mass is 9.70. The number of aliphatic hydroxyl groups is 1. The van der Waals surface area contributed by atoms with Gasteiger partial charge in [-0.25, -0.2) is 0 Å². The van der Waals surface area contributed by atoms with Gasteiger partial charge in [0.2, 0.25) is 0 Å². The number of aliphatic hydroxyl groups excluding tert-OH is 1. The molecule has 0 heterocycles. The van der Waals surface area contributed by atoms with E-state index in [1.807, 2.05) is 0 Å². The zero-order chi connectivity index (χ0) is 13.1. The van der Waals surface area contributed by atoms with Gasteiger partial charge in [0, 0.05) is 12.6 Å². The van der Waals surface area contributed by atoms with E-state index in [1.54, 1.807) is 0 Å². The van der Waals surface area contributed by atoms with Gasteiger partial charge in [-0.2, -0.15) is 0 Å². The molecule has 0 aromatic heterocycles. The van der Waals surface area contributed by atoms with Crippen molar-refractivity contribution in [3.05, 3.63) is 0 Å². The molecule has 0 aromatic rings. The fourth-order valence-electron chi connectivity index (χ4n) is 3.06. The van der Waals surface area contributed by atoms with Crippen LogP contribution >= 0.6 is 0 Å². The third-order valence-electron chi connectivity index (χ3n) is 4.19. The van der Waals surface area contributed by atoms with E-state index in [0.29, 0.717) is 17.4 Å². The zero-order valence-corrected chi connectivity index (χ0v) is 12.4. The van der Waals surface area contributed by atoms with Gasteiger partial charge < -0.3 is 10.0 Å². The highest BCUT2D eigenvalue weighted by molar-refractivity contribution is 4.86. The Hall–Kier alpha value is -0.0800. The van der Waals surface area contributed by atoms with Gasteiger partial charge in [0.05, 0.1) is 6.10 Å². The summed E-state index contributed by atoms with van der Waals surface area (Å²) in [5.74, 6) is 0.465. The minimum atomic E-state index is -0.0823. The molecule has 0 aromatic carbocycles. The van der Waals surface area contributed by atoms with Crippen LogP contribution in [0.2, 0.25) is 0 Å². The van der Waals surface area contributed by atoms with Gasteiger partial charge in [-0.3, -0.25) is 0 Å². The quantitative estimate of drug-likeness (QED) is 0.798. The van der Waals surface area contributed by atoms with E-state index < -0.39 is 0 Å². The molecule has 2 heteroatoms. The lowest BCUT2D eigenvalue weighted by molar-refractivity contribution is -0.000399. The predicted molar refractivity (Wildman–Crippen MR) is 74.1 cm³/mol. The Morgan fingerprint density at radius 1 is 1.35 bits per heavy atom. The molecule has 0 amide bonds. The van der Waals surface area contributed by atoms with Gasteiger partial charge >= 0.3 is 0 Å². The average molecular weight is 241 g/mol. The van der Waals surface area contributed by atoms with E-state index in [9.17, 15) is 5.11 Å². The summed E-state index contributed by atoms with van der Waals surface area (Å²) >= 11 is 0. The van der Waals surface area contributed by atoms with Crippen molar-refractivity contribution in [1.82, 2.24) is 4.90 Å². The minimum Gasteiger partial charge on any atom is -0.393 e. The molecule has 0 radical (unpaired) electrons. The predicted octanol–water partition coefficient (Wildman–Crippen LogP) is 3.29. The molecule has 0 bridgehead atoms. The second kappa shape index (κ2) is 6.19. The van der Waals surface area contributed by atoms with E-state index in [2.05, 4.69) is 39.5 Å². The first kappa shape index (κ1) is 15.0. The molecule has 102 valence electrons. The van der Waals surface area contributed by atoms with E-state index in [1.165, 1.54) is 19.3 Å². The average Bonchev–Trinajstić information content (AvgIpc) is 2.22. The number of nitrogens with zero attached hydrogens (tertiary/aromatic N) is 1. The molecule has 0 saturated heterocycles. The first-order valence-electron chi connectivity index (χ1n) is 7.28. The Balaban J connectivity index is 2.57. The van der Waals surface area contributed by atoms with Crippen LogP contribution in [0.15, 0.2) is 0 Å². The summed E-state index contributed by atoms with van der Waals surface area (Å²) in [6, 6.07) is 0.590. The summed E-state index contributed by atoms with van der Waals surface area (Å²) in [6.07, 6.45) is 4.43. The molecule has 17 heavy (non-hydrogen) atoms. The SMILES string of the molecule is CCCN(CC1CC(C)(C)CCC1O)C(C)C. The van der Waals surface area contributed by atoms with Crippen molar-refractivity contribution >= 4 is 0 Å². The molecule has 1 N–H and O–H groups in total. The fraction of sp³-hybridized carbons (Fsp3) is 1.00. The van der Waals surface area contributed by atoms with Crippen LogP contribution in [0.3, 0.4) is 0 Å². The monoisotopic (exact) mass is 241 g/mol. The first-order chi connectivity index (χ1) is 7.85. The van der Waals surface area contributed by atoms with Crippen LogP contribution in [0.5, 0.6) is 0 Å². The topological polar surface area (TPSA) is 23.5 Å². The summed E-state index contributed by atoms with van der Waals surface area (Å²) in [6.45, 7) is 13.6. The van der Waals surface area contributed by atoms with Gasteiger partial charge in [-0.05, 0) is 57.4 Å². The maximum Gasteiger partial charge on any atom is 0.0581 e. The number of hydrogen-bond donors (Lipinski definition) is 1. The molecule has 2 unspecified atom stereocenters. The Morgan fingerprint density at radius 2 is 2.00 bits per heavy atom. The van der Waals surface area contributed by atoms with Gasteiger partial charge in [-0.1, -0.05) is 20.8 Å². The van der Waals surface area contributed by atoms with Crippen LogP contribution in [0.1, 0.15) is 60.3 Å². The summed E-state index contributed by atoms with van der Waals surface area (Å²) in [7, 11) is 0. The van der Waals surface area contributed by atoms with Crippen molar-refractivity contribution in [1.29, 1.82) is 0 Å². The molecule has 0 spiro atoms. The highest BCUT2D eigenvalue weighted by atomic mass is 16.3. The third-order valence-corrected chi connectivity index (χ3v) is 4.19. The molecule has 1 rings (SSSR count). The molecule has 1 aliphatic rings. The van der Waals surface area contributed by atoms with Gasteiger partial charge in [0.15, 0.2) is 0 Å². The molecule has 1 aliphatic carbocycles. The van der Waals surface area contributed by atoms with Crippen molar-refractivity contribution in [3.63, 3.8) is 0 Å². The van der Waals surface area contributed by atoms with Crippen LogP contribution in [-0.2, 0) is 0 Å². The molecule has 1 fully saturated rings. The van der Waals surface area contributed by atoms with Crippen molar-refractivity contribution in [2.75, 3.05) is 13.1 Å². The smallest absolute Gasteiger partial charge is 0.0581 e. The number of hydrogen-bond acceptors (Lipinski definition) is 2. The van der Waals surface area contributed by atoms with Crippen LogP contribution in [0.25, 0.3) is 0 Å². The lowest BCUT2D eigenvalue weighted by Gasteiger charge is -2.41. The number of rotatable bonds is 5. The fourth-order valence-corrected chi connectivity index (χ4v) is 3.06. The Bertz CT molecular complexity index is 225. The summed E-state index contributed by atoms with van der Waals surface area (Å²) < 4.78 is 0. The first-order valence-corrected chi connectivity index (χ1v) is 7.28. The minimum absolute atomic E-state index is 0.0823. The maximum absolute atomic E-state index is 10.2. The van der Waals surface area contributed by atoms with Gasteiger partial charge in [0.25, 0.3) is 0 Å². The molecule has 2 atom stereocenters. The van der Waals surface area contributed by atoms with Gasteiger partial charge in [-0.15, -0.1) is 0 Å². The van der Waals surface area contributed by atoms with E-state index in [0.717, 1.165) is 19.5 Å². The van der Waals surface area contributed by atoms with E-state index >= 15 is 0 Å². The summed E-state index contributed by atoms with van der Waals surface area (Å²) in [5.41, 5.74) is 0.415. The van der Waals surface area contributed by atoms with Crippen LogP contribution < -0.4 is 0 Å². The van der Waals surface area contributed by atoms with E-state index in [-0.39, 0.29) is 6.10 Å². The van der Waals surface area contributed by atoms with Crippen molar-refractivity contribution in [2.24, 2.45) is 11.3 Å². The van der Waals surface area contributed by atoms with E-state index in [4.69, 9.17) is 0 Å². The second-order valence-electron chi connectivity index (χ2n) is 6.82. The zero-order valence-electron chi connectivity index (χ0n) is 12.4. The normalized spacial score (nSPS) is 28.9. The summed E-state index contributed by atoms with van der Waals surface area (Å²) in [4.78, 5) is 2.52. The highest BCUT2D eigenvalue weighted by Gasteiger charge is 2.34. The van der Waals surface area contributed by atoms with Crippen LogP contribution in [-0.4, -0.2) is 35.2 Å². The molecule has 1 saturated carbocycles. The van der Waals surface area contributed by atoms with Crippen LogP contribution in [0, 0.1) is 11.3 Å². The largest absolute Gasteiger partial charge is 0.393 e. The van der Waals surface area contributed by atoms with Crippen LogP contribution in [0.4, 0.5) is 0 Å². The molecule has 2 nitrogen and oxygen atoms in total. The molecular formula is C15H31NO. The second-order valence-corrected chi connectivity index (χ2v) is 6.82.